The van der Waals surface area contributed by atoms with Gasteiger partial charge in [0.15, 0.2) is 0 Å². The largest absolute Gasteiger partial charge is 0.433 e. The van der Waals surface area contributed by atoms with Gasteiger partial charge in [0.05, 0.1) is 5.69 Å². The van der Waals surface area contributed by atoms with E-state index in [0.29, 0.717) is 6.54 Å². The molecular formula is C17H25F2N3O2. The molecule has 1 fully saturated rings. The molecule has 0 atom stereocenters. The van der Waals surface area contributed by atoms with Crippen molar-refractivity contribution in [1.29, 1.82) is 0 Å². The lowest BCUT2D eigenvalue weighted by molar-refractivity contribution is -0.0493. The molecule has 1 aromatic rings. The molecule has 2 amide bonds. The number of ether oxygens (including phenoxy) is 1. The van der Waals surface area contributed by atoms with E-state index in [0.717, 1.165) is 32.0 Å². The normalized spacial score (nSPS) is 16.2. The molecule has 5 nitrogen and oxygen atoms in total. The Morgan fingerprint density at radius 2 is 2.04 bits per heavy atom. The number of piperidine rings is 1. The molecule has 134 valence electrons. The number of nitrogens with one attached hydrogen (secondary N) is 2. The Balaban J connectivity index is 1.68. The fourth-order valence-corrected chi connectivity index (χ4v) is 2.73. The topological polar surface area (TPSA) is 53.6 Å². The second-order valence-corrected chi connectivity index (χ2v) is 6.13. The van der Waals surface area contributed by atoms with Crippen molar-refractivity contribution in [2.45, 2.75) is 32.8 Å². The molecule has 0 aromatic heterocycles. The maximum atomic E-state index is 12.3. The van der Waals surface area contributed by atoms with E-state index in [-0.39, 0.29) is 11.4 Å². The van der Waals surface area contributed by atoms with Crippen LogP contribution in [0.1, 0.15) is 26.2 Å². The summed E-state index contributed by atoms with van der Waals surface area (Å²) in [6.45, 7) is 3.08. The molecule has 0 aliphatic carbocycles. The Kier molecular flexibility index (Phi) is 7.24. The minimum absolute atomic E-state index is 0.0508. The molecule has 1 heterocycles. The van der Waals surface area contributed by atoms with Gasteiger partial charge in [-0.15, -0.1) is 0 Å². The molecular weight excluding hydrogens is 316 g/mol. The monoisotopic (exact) mass is 341 g/mol. The van der Waals surface area contributed by atoms with Crippen molar-refractivity contribution in [3.63, 3.8) is 0 Å². The summed E-state index contributed by atoms with van der Waals surface area (Å²) in [5.74, 6) is 0.755. The zero-order valence-electron chi connectivity index (χ0n) is 13.9. The lowest BCUT2D eigenvalue weighted by atomic mass is 9.99. The number of carbonyl (C=O) groups is 1. The standard InChI is InChI=1S/C17H25F2N3O2/c1-13-7-11-22(12-8-13)10-4-9-20-17(23)21-14-5-2-3-6-15(14)24-16(18)19/h2-3,5-6,13,16H,4,7-12H2,1H3,(H2,20,21,23). The zero-order valence-corrected chi connectivity index (χ0v) is 13.9. The van der Waals surface area contributed by atoms with Crippen LogP contribution in [0.2, 0.25) is 0 Å². The number of halogens is 2. The van der Waals surface area contributed by atoms with Crippen molar-refractivity contribution in [3.8, 4) is 5.75 Å². The Labute approximate surface area is 141 Å². The van der Waals surface area contributed by atoms with Crippen LogP contribution in [0.5, 0.6) is 5.75 Å². The fraction of sp³-hybridized carbons (Fsp3) is 0.588. The lowest BCUT2D eigenvalue weighted by Gasteiger charge is -2.30. The van der Waals surface area contributed by atoms with Crippen molar-refractivity contribution < 1.29 is 18.3 Å². The van der Waals surface area contributed by atoms with Crippen LogP contribution in [0, 0.1) is 5.92 Å². The van der Waals surface area contributed by atoms with Gasteiger partial charge < -0.3 is 20.3 Å². The van der Waals surface area contributed by atoms with Gasteiger partial charge in [-0.25, -0.2) is 4.79 Å². The van der Waals surface area contributed by atoms with Gasteiger partial charge in [-0.3, -0.25) is 0 Å². The third kappa shape index (κ3) is 6.31. The number of hydrogen-bond donors (Lipinski definition) is 2. The van der Waals surface area contributed by atoms with Gasteiger partial charge in [-0.05, 0) is 56.9 Å². The van der Waals surface area contributed by atoms with E-state index in [1.165, 1.54) is 25.0 Å². The maximum Gasteiger partial charge on any atom is 0.387 e. The number of nitrogens with zero attached hydrogens (tertiary/aromatic N) is 1. The number of rotatable bonds is 7. The fourth-order valence-electron chi connectivity index (χ4n) is 2.73. The molecule has 1 aliphatic rings. The van der Waals surface area contributed by atoms with E-state index in [9.17, 15) is 13.6 Å². The van der Waals surface area contributed by atoms with E-state index in [2.05, 4.69) is 27.2 Å². The first-order valence-corrected chi connectivity index (χ1v) is 8.35. The van der Waals surface area contributed by atoms with Gasteiger partial charge in [0.1, 0.15) is 5.75 Å². The SMILES string of the molecule is CC1CCN(CCCNC(=O)Nc2ccccc2OC(F)F)CC1. The van der Waals surface area contributed by atoms with Crippen molar-refractivity contribution >= 4 is 11.7 Å². The van der Waals surface area contributed by atoms with Gasteiger partial charge in [-0.2, -0.15) is 8.78 Å². The molecule has 7 heteroatoms. The first-order valence-electron chi connectivity index (χ1n) is 8.35. The Morgan fingerprint density at radius 1 is 1.33 bits per heavy atom. The molecule has 0 saturated carbocycles. The maximum absolute atomic E-state index is 12.3. The van der Waals surface area contributed by atoms with Crippen LogP contribution >= 0.6 is 0 Å². The number of hydrogen-bond acceptors (Lipinski definition) is 3. The summed E-state index contributed by atoms with van der Waals surface area (Å²) in [4.78, 5) is 14.3. The van der Waals surface area contributed by atoms with Crippen molar-refractivity contribution in [2.24, 2.45) is 5.92 Å². The number of urea groups is 1. The Morgan fingerprint density at radius 3 is 2.75 bits per heavy atom. The molecule has 0 bridgehead atoms. The highest BCUT2D eigenvalue weighted by atomic mass is 19.3. The van der Waals surface area contributed by atoms with Gasteiger partial charge >= 0.3 is 12.6 Å². The number of para-hydroxylation sites is 2. The summed E-state index contributed by atoms with van der Waals surface area (Å²) in [6, 6.07) is 5.70. The van der Waals surface area contributed by atoms with Gasteiger partial charge in [0.2, 0.25) is 0 Å². The number of benzene rings is 1. The zero-order chi connectivity index (χ0) is 17.4. The first-order chi connectivity index (χ1) is 11.5. The average Bonchev–Trinajstić information content (AvgIpc) is 2.55. The van der Waals surface area contributed by atoms with E-state index >= 15 is 0 Å². The number of anilines is 1. The Hall–Kier alpha value is -1.89. The molecule has 0 radical (unpaired) electrons. The van der Waals surface area contributed by atoms with Gasteiger partial charge in [0, 0.05) is 6.54 Å². The van der Waals surface area contributed by atoms with Crippen LogP contribution in [0.3, 0.4) is 0 Å². The molecule has 0 unspecified atom stereocenters. The van der Waals surface area contributed by atoms with Gasteiger partial charge in [0.25, 0.3) is 0 Å². The minimum Gasteiger partial charge on any atom is -0.433 e. The highest BCUT2D eigenvalue weighted by molar-refractivity contribution is 5.90. The van der Waals surface area contributed by atoms with Crippen LogP contribution in [0.15, 0.2) is 24.3 Å². The number of likely N-dealkylation sites (tertiary alicyclic amines) is 1. The van der Waals surface area contributed by atoms with E-state index in [4.69, 9.17) is 0 Å². The third-order valence-electron chi connectivity index (χ3n) is 4.16. The summed E-state index contributed by atoms with van der Waals surface area (Å²) < 4.78 is 29.0. The second-order valence-electron chi connectivity index (χ2n) is 6.13. The molecule has 1 aliphatic heterocycles. The predicted octanol–water partition coefficient (Wildman–Crippen LogP) is 3.53. The first kappa shape index (κ1) is 18.4. The quantitative estimate of drug-likeness (QED) is 0.746. The summed E-state index contributed by atoms with van der Waals surface area (Å²) in [6.07, 6.45) is 3.32. The molecule has 1 saturated heterocycles. The smallest absolute Gasteiger partial charge is 0.387 e. The van der Waals surface area contributed by atoms with Crippen LogP contribution in [0.25, 0.3) is 0 Å². The summed E-state index contributed by atoms with van der Waals surface area (Å²) in [5.41, 5.74) is 0.223. The Bertz CT molecular complexity index is 520. The van der Waals surface area contributed by atoms with Crippen LogP contribution in [-0.2, 0) is 0 Å². The molecule has 24 heavy (non-hydrogen) atoms. The second kappa shape index (κ2) is 9.42. The molecule has 0 spiro atoms. The molecule has 2 N–H and O–H groups in total. The van der Waals surface area contributed by atoms with Crippen molar-refractivity contribution in [1.82, 2.24) is 10.2 Å². The lowest BCUT2D eigenvalue weighted by Crippen LogP contribution is -2.36. The van der Waals surface area contributed by atoms with E-state index in [1.54, 1.807) is 12.1 Å². The third-order valence-corrected chi connectivity index (χ3v) is 4.16. The molecule has 1 aromatic carbocycles. The summed E-state index contributed by atoms with van der Waals surface area (Å²) in [7, 11) is 0. The van der Waals surface area contributed by atoms with E-state index in [1.807, 2.05) is 0 Å². The van der Waals surface area contributed by atoms with E-state index < -0.39 is 12.6 Å². The average molecular weight is 341 g/mol. The predicted molar refractivity (Wildman–Crippen MR) is 89.6 cm³/mol. The minimum atomic E-state index is -2.93. The van der Waals surface area contributed by atoms with Gasteiger partial charge in [-0.1, -0.05) is 19.1 Å². The summed E-state index contributed by atoms with van der Waals surface area (Å²) >= 11 is 0. The van der Waals surface area contributed by atoms with Crippen LogP contribution < -0.4 is 15.4 Å². The number of alkyl halides is 2. The summed E-state index contributed by atoms with van der Waals surface area (Å²) in [5, 5.41) is 5.28. The van der Waals surface area contributed by atoms with Crippen LogP contribution in [0.4, 0.5) is 19.3 Å². The highest BCUT2D eigenvalue weighted by Crippen LogP contribution is 2.25. The van der Waals surface area contributed by atoms with Crippen LogP contribution in [-0.4, -0.2) is 43.7 Å². The highest BCUT2D eigenvalue weighted by Gasteiger charge is 2.15. The number of amides is 2. The van der Waals surface area contributed by atoms with Crippen molar-refractivity contribution in [3.05, 3.63) is 24.3 Å². The molecule has 2 rings (SSSR count). The number of carbonyl (C=O) groups excluding carboxylic acids is 1. The van der Waals surface area contributed by atoms with Crippen molar-refractivity contribution in [2.75, 3.05) is 31.5 Å².